The lowest BCUT2D eigenvalue weighted by molar-refractivity contribution is -0.0573. The molecule has 0 bridgehead atoms. The molecule has 1 aromatic rings. The highest BCUT2D eigenvalue weighted by Crippen LogP contribution is 2.14. The van der Waals surface area contributed by atoms with Crippen LogP contribution in [-0.2, 0) is 14.2 Å². The van der Waals surface area contributed by atoms with Crippen molar-refractivity contribution in [2.24, 2.45) is 5.92 Å². The first-order chi connectivity index (χ1) is 12.1. The van der Waals surface area contributed by atoms with Crippen LogP contribution in [0.3, 0.4) is 0 Å². The number of hydrogen-bond acceptors (Lipinski definition) is 4. The van der Waals surface area contributed by atoms with Crippen molar-refractivity contribution in [1.82, 2.24) is 0 Å². The van der Waals surface area contributed by atoms with Crippen molar-refractivity contribution in [3.8, 4) is 0 Å². The number of unbranched alkanes of at least 4 members (excludes halogenated alkanes) is 1. The second-order valence-corrected chi connectivity index (χ2v) is 6.67. The first-order valence-corrected chi connectivity index (χ1v) is 9.52. The zero-order valence-electron chi connectivity index (χ0n) is 16.2. The topological polar surface area (TPSA) is 44.8 Å². The van der Waals surface area contributed by atoms with Crippen LogP contribution in [0, 0.1) is 5.92 Å². The molecule has 0 spiro atoms. The van der Waals surface area contributed by atoms with Gasteiger partial charge in [0, 0.05) is 6.61 Å². The smallest absolute Gasteiger partial charge is 0.338 e. The van der Waals surface area contributed by atoms with Gasteiger partial charge < -0.3 is 14.2 Å². The van der Waals surface area contributed by atoms with Crippen LogP contribution in [0.1, 0.15) is 63.7 Å². The van der Waals surface area contributed by atoms with Gasteiger partial charge in [-0.2, -0.15) is 0 Å². The molecule has 25 heavy (non-hydrogen) atoms. The predicted octanol–water partition coefficient (Wildman–Crippen LogP) is 4.87. The van der Waals surface area contributed by atoms with Crippen molar-refractivity contribution < 1.29 is 19.0 Å². The van der Waals surface area contributed by atoms with Gasteiger partial charge in [0.15, 0.2) is 0 Å². The molecule has 0 aliphatic carbocycles. The number of rotatable bonds is 13. The van der Waals surface area contributed by atoms with E-state index in [0.29, 0.717) is 18.1 Å². The Labute approximate surface area is 152 Å². The molecule has 4 heteroatoms. The Hall–Kier alpha value is -1.39. The lowest BCUT2D eigenvalue weighted by Crippen LogP contribution is -2.26. The molecule has 0 aliphatic rings. The molecule has 0 aliphatic heterocycles. The van der Waals surface area contributed by atoms with Crippen molar-refractivity contribution in [2.75, 3.05) is 19.8 Å². The Morgan fingerprint density at radius 1 is 0.960 bits per heavy atom. The van der Waals surface area contributed by atoms with E-state index in [1.165, 1.54) is 19.3 Å². The molecule has 3 atom stereocenters. The molecular formula is C21H34O4. The molecule has 3 unspecified atom stereocenters. The van der Waals surface area contributed by atoms with Crippen LogP contribution in [0.4, 0.5) is 0 Å². The molecule has 0 amide bonds. The average molecular weight is 350 g/mol. The minimum atomic E-state index is -0.318. The van der Waals surface area contributed by atoms with E-state index < -0.39 is 0 Å². The molecule has 0 radical (unpaired) electrons. The van der Waals surface area contributed by atoms with Crippen molar-refractivity contribution in [3.05, 3.63) is 35.9 Å². The van der Waals surface area contributed by atoms with E-state index in [0.717, 1.165) is 13.0 Å². The third-order valence-corrected chi connectivity index (χ3v) is 4.23. The van der Waals surface area contributed by atoms with E-state index in [1.54, 1.807) is 12.1 Å². The summed E-state index contributed by atoms with van der Waals surface area (Å²) in [6.45, 7) is 9.90. The monoisotopic (exact) mass is 350 g/mol. The molecule has 0 saturated carbocycles. The third-order valence-electron chi connectivity index (χ3n) is 4.23. The number of esters is 1. The minimum Gasteiger partial charge on any atom is -0.459 e. The van der Waals surface area contributed by atoms with Gasteiger partial charge in [0.1, 0.15) is 6.61 Å². The fraction of sp³-hybridized carbons (Fsp3) is 0.667. The van der Waals surface area contributed by atoms with Crippen molar-refractivity contribution in [1.29, 1.82) is 0 Å². The summed E-state index contributed by atoms with van der Waals surface area (Å²) < 4.78 is 16.9. The third kappa shape index (κ3) is 9.61. The van der Waals surface area contributed by atoms with E-state index in [-0.39, 0.29) is 24.8 Å². The standard InChI is InChI=1S/C21H34O4/c1-5-7-11-19(6-2)16-24-17(3)14-23-18(4)15-25-21(22)20-12-9-8-10-13-20/h8-10,12-13,17-19H,5-7,11,14-16H2,1-4H3. The first kappa shape index (κ1) is 21.7. The van der Waals surface area contributed by atoms with Crippen molar-refractivity contribution in [2.45, 2.75) is 65.6 Å². The lowest BCUT2D eigenvalue weighted by Gasteiger charge is -2.20. The Kier molecular flexibility index (Phi) is 11.2. The molecule has 1 aromatic carbocycles. The van der Waals surface area contributed by atoms with E-state index in [4.69, 9.17) is 14.2 Å². The van der Waals surface area contributed by atoms with Crippen LogP contribution in [0.5, 0.6) is 0 Å². The van der Waals surface area contributed by atoms with Gasteiger partial charge in [-0.1, -0.05) is 51.3 Å². The molecule has 0 aromatic heterocycles. The first-order valence-electron chi connectivity index (χ1n) is 9.52. The molecule has 142 valence electrons. The maximum Gasteiger partial charge on any atom is 0.338 e. The maximum absolute atomic E-state index is 11.9. The molecule has 4 nitrogen and oxygen atoms in total. The lowest BCUT2D eigenvalue weighted by atomic mass is 10.0. The second kappa shape index (κ2) is 12.9. The second-order valence-electron chi connectivity index (χ2n) is 6.67. The summed E-state index contributed by atoms with van der Waals surface area (Å²) >= 11 is 0. The number of hydrogen-bond donors (Lipinski definition) is 0. The highest BCUT2D eigenvalue weighted by atomic mass is 16.6. The zero-order valence-corrected chi connectivity index (χ0v) is 16.2. The Morgan fingerprint density at radius 3 is 2.24 bits per heavy atom. The van der Waals surface area contributed by atoms with E-state index in [1.807, 2.05) is 32.0 Å². The van der Waals surface area contributed by atoms with Gasteiger partial charge in [0.2, 0.25) is 0 Å². The van der Waals surface area contributed by atoms with Crippen LogP contribution in [0.15, 0.2) is 30.3 Å². The van der Waals surface area contributed by atoms with Crippen molar-refractivity contribution >= 4 is 5.97 Å². The number of ether oxygens (including phenoxy) is 3. The molecule has 0 N–H and O–H groups in total. The minimum absolute atomic E-state index is 0.0444. The van der Waals surface area contributed by atoms with Crippen LogP contribution in [-0.4, -0.2) is 38.0 Å². The Morgan fingerprint density at radius 2 is 1.60 bits per heavy atom. The Balaban J connectivity index is 2.18. The van der Waals surface area contributed by atoms with Crippen LogP contribution >= 0.6 is 0 Å². The summed E-state index contributed by atoms with van der Waals surface area (Å²) in [7, 11) is 0. The maximum atomic E-state index is 11.9. The summed E-state index contributed by atoms with van der Waals surface area (Å²) in [5, 5.41) is 0. The summed E-state index contributed by atoms with van der Waals surface area (Å²) in [5.74, 6) is 0.314. The predicted molar refractivity (Wildman–Crippen MR) is 101 cm³/mol. The van der Waals surface area contributed by atoms with Gasteiger partial charge in [-0.15, -0.1) is 0 Å². The highest BCUT2D eigenvalue weighted by molar-refractivity contribution is 5.89. The summed E-state index contributed by atoms with van der Waals surface area (Å²) in [4.78, 5) is 11.9. The largest absolute Gasteiger partial charge is 0.459 e. The van der Waals surface area contributed by atoms with Gasteiger partial charge in [-0.3, -0.25) is 0 Å². The molecule has 0 saturated heterocycles. The number of benzene rings is 1. The number of carbonyl (C=O) groups is 1. The van der Waals surface area contributed by atoms with Crippen LogP contribution < -0.4 is 0 Å². The van der Waals surface area contributed by atoms with Crippen molar-refractivity contribution in [3.63, 3.8) is 0 Å². The molecular weight excluding hydrogens is 316 g/mol. The molecule has 1 rings (SSSR count). The van der Waals surface area contributed by atoms with E-state index in [2.05, 4.69) is 13.8 Å². The molecule has 0 heterocycles. The SMILES string of the molecule is CCCCC(CC)COC(C)COC(C)COC(=O)c1ccccc1. The quantitative estimate of drug-likeness (QED) is 0.476. The van der Waals surface area contributed by atoms with E-state index in [9.17, 15) is 4.79 Å². The van der Waals surface area contributed by atoms with Gasteiger partial charge in [0.25, 0.3) is 0 Å². The fourth-order valence-electron chi connectivity index (χ4n) is 2.45. The summed E-state index contributed by atoms with van der Waals surface area (Å²) in [6, 6.07) is 8.99. The van der Waals surface area contributed by atoms with Crippen LogP contribution in [0.2, 0.25) is 0 Å². The average Bonchev–Trinajstić information content (AvgIpc) is 2.65. The summed E-state index contributed by atoms with van der Waals surface area (Å²) in [6.07, 6.45) is 4.76. The van der Waals surface area contributed by atoms with Crippen LogP contribution in [0.25, 0.3) is 0 Å². The van der Waals surface area contributed by atoms with Gasteiger partial charge in [-0.25, -0.2) is 4.79 Å². The highest BCUT2D eigenvalue weighted by Gasteiger charge is 2.13. The van der Waals surface area contributed by atoms with Gasteiger partial charge in [0.05, 0.1) is 24.4 Å². The Bertz CT molecular complexity index is 460. The van der Waals surface area contributed by atoms with Gasteiger partial charge >= 0.3 is 5.97 Å². The van der Waals surface area contributed by atoms with Gasteiger partial charge in [-0.05, 0) is 38.3 Å². The molecule has 0 fully saturated rings. The number of carbonyl (C=O) groups excluding carboxylic acids is 1. The zero-order chi connectivity index (χ0) is 18.5. The fourth-order valence-corrected chi connectivity index (χ4v) is 2.45. The normalized spacial score (nSPS) is 14.7. The summed E-state index contributed by atoms with van der Waals surface area (Å²) in [5.41, 5.74) is 0.559. The van der Waals surface area contributed by atoms with E-state index >= 15 is 0 Å².